The fourth-order valence-corrected chi connectivity index (χ4v) is 2.42. The second-order valence-electron chi connectivity index (χ2n) is 4.78. The molecule has 1 aromatic carbocycles. The summed E-state index contributed by atoms with van der Waals surface area (Å²) in [5.74, 6) is 1.80. The van der Waals surface area contributed by atoms with Gasteiger partial charge in [-0.05, 0) is 12.1 Å². The van der Waals surface area contributed by atoms with Gasteiger partial charge in [-0.15, -0.1) is 0 Å². The third-order valence-corrected chi connectivity index (χ3v) is 3.52. The van der Waals surface area contributed by atoms with Crippen LogP contribution in [0.25, 0.3) is 10.9 Å². The molecule has 0 bridgehead atoms. The Morgan fingerprint density at radius 1 is 1.24 bits per heavy atom. The first-order valence-electron chi connectivity index (χ1n) is 6.62. The van der Waals surface area contributed by atoms with Crippen LogP contribution in [0.1, 0.15) is 0 Å². The van der Waals surface area contributed by atoms with Crippen molar-refractivity contribution in [2.75, 3.05) is 32.8 Å². The molecule has 2 aromatic rings. The average Bonchev–Trinajstić information content (AvgIpc) is 2.91. The Balaban J connectivity index is 2.03. The molecule has 2 heterocycles. The normalized spacial score (nSPS) is 21.5. The molecule has 3 rings (SSSR count). The fourth-order valence-electron chi connectivity index (χ4n) is 2.42. The van der Waals surface area contributed by atoms with Gasteiger partial charge < -0.3 is 24.6 Å². The molecule has 21 heavy (non-hydrogen) atoms. The van der Waals surface area contributed by atoms with Crippen molar-refractivity contribution >= 4 is 16.7 Å². The van der Waals surface area contributed by atoms with Crippen molar-refractivity contribution in [3.8, 4) is 11.5 Å². The molecular formula is C14H17N3O4. The van der Waals surface area contributed by atoms with Crippen LogP contribution in [-0.2, 0) is 4.74 Å². The molecule has 7 nitrogen and oxygen atoms in total. The van der Waals surface area contributed by atoms with E-state index in [0.29, 0.717) is 36.0 Å². The van der Waals surface area contributed by atoms with Crippen LogP contribution in [0.15, 0.2) is 18.5 Å². The predicted molar refractivity (Wildman–Crippen MR) is 76.9 cm³/mol. The quantitative estimate of drug-likeness (QED) is 0.862. The molecule has 0 spiro atoms. The molecule has 1 saturated heterocycles. The van der Waals surface area contributed by atoms with Gasteiger partial charge in [0.25, 0.3) is 0 Å². The molecule has 0 amide bonds. The van der Waals surface area contributed by atoms with Crippen molar-refractivity contribution in [2.24, 2.45) is 0 Å². The Morgan fingerprint density at radius 3 is 2.76 bits per heavy atom. The standard InChI is InChI=1S/C14H17N3O4/c1-19-11-4-3-8-12(13(11)20-2)15-7-16-14(8)17-9-5-21-6-10(9)18/h3-4,7,9-10,18H,5-6H2,1-2H3,(H,15,16,17)/t9-,10+/m1/s1. The Hall–Kier alpha value is -2.12. The third kappa shape index (κ3) is 2.45. The van der Waals surface area contributed by atoms with Crippen molar-refractivity contribution in [1.82, 2.24) is 9.97 Å². The van der Waals surface area contributed by atoms with Gasteiger partial charge in [0.15, 0.2) is 11.5 Å². The van der Waals surface area contributed by atoms with Crippen LogP contribution in [-0.4, -0.2) is 54.7 Å². The maximum Gasteiger partial charge on any atom is 0.187 e. The van der Waals surface area contributed by atoms with Crippen LogP contribution in [0.2, 0.25) is 0 Å². The van der Waals surface area contributed by atoms with E-state index in [0.717, 1.165) is 5.39 Å². The van der Waals surface area contributed by atoms with Gasteiger partial charge >= 0.3 is 0 Å². The number of nitrogens with one attached hydrogen (secondary N) is 1. The van der Waals surface area contributed by atoms with E-state index in [2.05, 4.69) is 15.3 Å². The number of methoxy groups -OCH3 is 2. The van der Waals surface area contributed by atoms with Crippen LogP contribution < -0.4 is 14.8 Å². The predicted octanol–water partition coefficient (Wildman–Crippen LogP) is 0.819. The van der Waals surface area contributed by atoms with E-state index >= 15 is 0 Å². The summed E-state index contributed by atoms with van der Waals surface area (Å²) in [6.45, 7) is 0.776. The fraction of sp³-hybridized carbons (Fsp3) is 0.429. The third-order valence-electron chi connectivity index (χ3n) is 3.52. The molecule has 112 valence electrons. The summed E-state index contributed by atoms with van der Waals surface area (Å²) in [5.41, 5.74) is 0.655. The zero-order valence-electron chi connectivity index (χ0n) is 11.9. The number of aliphatic hydroxyl groups is 1. The highest BCUT2D eigenvalue weighted by molar-refractivity contribution is 5.94. The average molecular weight is 291 g/mol. The molecule has 0 aliphatic carbocycles. The Kier molecular flexibility index (Phi) is 3.76. The molecule has 7 heteroatoms. The number of aliphatic hydroxyl groups excluding tert-OH is 1. The number of nitrogens with zero attached hydrogens (tertiary/aromatic N) is 2. The van der Waals surface area contributed by atoms with E-state index in [1.807, 2.05) is 6.07 Å². The van der Waals surface area contributed by atoms with Crippen LogP contribution in [0, 0.1) is 0 Å². The summed E-state index contributed by atoms with van der Waals surface area (Å²) in [6.07, 6.45) is 0.907. The highest BCUT2D eigenvalue weighted by Crippen LogP contribution is 2.36. The minimum Gasteiger partial charge on any atom is -0.493 e. The highest BCUT2D eigenvalue weighted by atomic mass is 16.5. The Morgan fingerprint density at radius 2 is 2.10 bits per heavy atom. The topological polar surface area (TPSA) is 85.7 Å². The van der Waals surface area contributed by atoms with E-state index in [1.54, 1.807) is 20.3 Å². The van der Waals surface area contributed by atoms with Gasteiger partial charge in [-0.3, -0.25) is 0 Å². The SMILES string of the molecule is COc1ccc2c(N[C@@H]3COC[C@@H]3O)ncnc2c1OC. The van der Waals surface area contributed by atoms with Crippen LogP contribution in [0.4, 0.5) is 5.82 Å². The van der Waals surface area contributed by atoms with Gasteiger partial charge in [-0.25, -0.2) is 9.97 Å². The van der Waals surface area contributed by atoms with Crippen molar-refractivity contribution in [2.45, 2.75) is 12.1 Å². The van der Waals surface area contributed by atoms with Crippen LogP contribution in [0.5, 0.6) is 11.5 Å². The summed E-state index contributed by atoms with van der Waals surface area (Å²) in [5, 5.41) is 13.8. The van der Waals surface area contributed by atoms with Crippen molar-refractivity contribution in [1.29, 1.82) is 0 Å². The lowest BCUT2D eigenvalue weighted by Crippen LogP contribution is -2.32. The lowest BCUT2D eigenvalue weighted by atomic mass is 10.1. The van der Waals surface area contributed by atoms with Gasteiger partial charge in [-0.1, -0.05) is 0 Å². The number of benzene rings is 1. The molecule has 2 N–H and O–H groups in total. The minimum absolute atomic E-state index is 0.184. The maximum atomic E-state index is 9.83. The lowest BCUT2D eigenvalue weighted by molar-refractivity contribution is 0.125. The van der Waals surface area contributed by atoms with Gasteiger partial charge in [-0.2, -0.15) is 0 Å². The monoisotopic (exact) mass is 291 g/mol. The van der Waals surface area contributed by atoms with E-state index < -0.39 is 6.10 Å². The maximum absolute atomic E-state index is 9.83. The number of ether oxygens (including phenoxy) is 3. The molecule has 1 fully saturated rings. The zero-order valence-corrected chi connectivity index (χ0v) is 11.9. The summed E-state index contributed by atoms with van der Waals surface area (Å²) >= 11 is 0. The summed E-state index contributed by atoms with van der Waals surface area (Å²) in [6, 6.07) is 3.48. The molecule has 1 aromatic heterocycles. The first-order valence-corrected chi connectivity index (χ1v) is 6.62. The highest BCUT2D eigenvalue weighted by Gasteiger charge is 2.27. The summed E-state index contributed by atoms with van der Waals surface area (Å²) in [4.78, 5) is 8.52. The Labute approximate surface area is 121 Å². The summed E-state index contributed by atoms with van der Waals surface area (Å²) < 4.78 is 15.9. The number of aromatic nitrogens is 2. The second kappa shape index (κ2) is 5.71. The lowest BCUT2D eigenvalue weighted by Gasteiger charge is -2.17. The molecule has 1 aliphatic rings. The smallest absolute Gasteiger partial charge is 0.187 e. The second-order valence-corrected chi connectivity index (χ2v) is 4.78. The first-order chi connectivity index (χ1) is 10.2. The van der Waals surface area contributed by atoms with Crippen molar-refractivity contribution in [3.05, 3.63) is 18.5 Å². The number of hydrogen-bond donors (Lipinski definition) is 2. The molecule has 2 atom stereocenters. The van der Waals surface area contributed by atoms with Crippen LogP contribution in [0.3, 0.4) is 0 Å². The van der Waals surface area contributed by atoms with Gasteiger partial charge in [0.2, 0.25) is 0 Å². The summed E-state index contributed by atoms with van der Waals surface area (Å²) in [7, 11) is 3.15. The molecule has 0 unspecified atom stereocenters. The molecule has 0 saturated carbocycles. The number of fused-ring (bicyclic) bond motifs is 1. The van der Waals surface area contributed by atoms with Gasteiger partial charge in [0.05, 0.1) is 39.6 Å². The van der Waals surface area contributed by atoms with E-state index in [1.165, 1.54) is 6.33 Å². The number of hydrogen-bond acceptors (Lipinski definition) is 7. The van der Waals surface area contributed by atoms with E-state index in [-0.39, 0.29) is 6.04 Å². The van der Waals surface area contributed by atoms with Gasteiger partial charge in [0.1, 0.15) is 17.7 Å². The van der Waals surface area contributed by atoms with Crippen molar-refractivity contribution < 1.29 is 19.3 Å². The Bertz CT molecular complexity index is 649. The van der Waals surface area contributed by atoms with E-state index in [9.17, 15) is 5.11 Å². The number of anilines is 1. The largest absolute Gasteiger partial charge is 0.493 e. The first kappa shape index (κ1) is 13.8. The zero-order chi connectivity index (χ0) is 14.8. The van der Waals surface area contributed by atoms with Crippen molar-refractivity contribution in [3.63, 3.8) is 0 Å². The minimum atomic E-state index is -0.546. The molecule has 1 aliphatic heterocycles. The number of rotatable bonds is 4. The molecule has 0 radical (unpaired) electrons. The van der Waals surface area contributed by atoms with Gasteiger partial charge in [0, 0.05) is 5.39 Å². The van der Waals surface area contributed by atoms with Crippen LogP contribution >= 0.6 is 0 Å². The van der Waals surface area contributed by atoms with E-state index in [4.69, 9.17) is 14.2 Å². The molecular weight excluding hydrogens is 274 g/mol.